The standard InChI is InChI=1S/C14H19NO3/c1-4-5-15(9-14(17)18)8-12-6-10(2)11(3)7-13(12)16/h4,6-7,16H,1,5,8-9H2,2-3H3,(H,17,18). The maximum atomic E-state index is 10.7. The van der Waals surface area contributed by atoms with Gasteiger partial charge in [-0.1, -0.05) is 12.1 Å². The van der Waals surface area contributed by atoms with Gasteiger partial charge in [-0.05, 0) is 31.0 Å². The van der Waals surface area contributed by atoms with Gasteiger partial charge in [0.1, 0.15) is 5.75 Å². The smallest absolute Gasteiger partial charge is 0.317 e. The van der Waals surface area contributed by atoms with Gasteiger partial charge in [0, 0.05) is 18.7 Å². The second kappa shape index (κ2) is 6.21. The lowest BCUT2D eigenvalue weighted by Gasteiger charge is -2.19. The number of phenols is 1. The molecule has 0 unspecified atom stereocenters. The molecule has 1 aromatic carbocycles. The Kier molecular flexibility index (Phi) is 4.92. The molecule has 0 amide bonds. The van der Waals surface area contributed by atoms with E-state index in [9.17, 15) is 9.90 Å². The van der Waals surface area contributed by atoms with Gasteiger partial charge in [-0.25, -0.2) is 0 Å². The number of benzene rings is 1. The first-order valence-corrected chi connectivity index (χ1v) is 5.78. The Balaban J connectivity index is 2.89. The minimum Gasteiger partial charge on any atom is -0.508 e. The number of carbonyl (C=O) groups is 1. The number of nitrogens with zero attached hydrogens (tertiary/aromatic N) is 1. The molecule has 0 fully saturated rings. The minimum atomic E-state index is -0.889. The summed E-state index contributed by atoms with van der Waals surface area (Å²) in [7, 11) is 0. The van der Waals surface area contributed by atoms with E-state index in [2.05, 4.69) is 6.58 Å². The van der Waals surface area contributed by atoms with Crippen molar-refractivity contribution in [3.05, 3.63) is 41.5 Å². The van der Waals surface area contributed by atoms with E-state index in [4.69, 9.17) is 5.11 Å². The zero-order valence-corrected chi connectivity index (χ0v) is 10.8. The molecule has 0 heterocycles. The molecule has 0 saturated heterocycles. The van der Waals surface area contributed by atoms with Crippen LogP contribution in [0.3, 0.4) is 0 Å². The number of rotatable bonds is 6. The number of aliphatic carboxylic acids is 1. The molecule has 1 aromatic rings. The Hall–Kier alpha value is -1.81. The molecule has 0 radical (unpaired) electrons. The summed E-state index contributed by atoms with van der Waals surface area (Å²) in [6.07, 6.45) is 1.65. The number of phenolic OH excluding ortho intramolecular Hbond substituents is 1. The van der Waals surface area contributed by atoms with Crippen LogP contribution in [-0.4, -0.2) is 34.2 Å². The zero-order chi connectivity index (χ0) is 13.7. The summed E-state index contributed by atoms with van der Waals surface area (Å²) in [5.74, 6) is -0.683. The second-order valence-corrected chi connectivity index (χ2v) is 4.42. The van der Waals surface area contributed by atoms with Crippen LogP contribution in [0.5, 0.6) is 5.75 Å². The van der Waals surface area contributed by atoms with E-state index in [1.54, 1.807) is 17.0 Å². The molecule has 18 heavy (non-hydrogen) atoms. The van der Waals surface area contributed by atoms with Gasteiger partial charge in [-0.15, -0.1) is 6.58 Å². The highest BCUT2D eigenvalue weighted by Crippen LogP contribution is 2.23. The number of hydrogen-bond acceptors (Lipinski definition) is 3. The molecular formula is C14H19NO3. The van der Waals surface area contributed by atoms with Gasteiger partial charge in [0.05, 0.1) is 6.54 Å². The highest BCUT2D eigenvalue weighted by Gasteiger charge is 2.12. The van der Waals surface area contributed by atoms with Gasteiger partial charge in [0.15, 0.2) is 0 Å². The largest absolute Gasteiger partial charge is 0.508 e. The first kappa shape index (κ1) is 14.3. The van der Waals surface area contributed by atoms with E-state index < -0.39 is 5.97 Å². The van der Waals surface area contributed by atoms with Gasteiger partial charge < -0.3 is 10.2 Å². The normalized spacial score (nSPS) is 10.6. The maximum Gasteiger partial charge on any atom is 0.317 e. The van der Waals surface area contributed by atoms with Crippen molar-refractivity contribution in [2.45, 2.75) is 20.4 Å². The van der Waals surface area contributed by atoms with Gasteiger partial charge in [-0.2, -0.15) is 0 Å². The van der Waals surface area contributed by atoms with Crippen molar-refractivity contribution >= 4 is 5.97 Å². The fourth-order valence-corrected chi connectivity index (χ4v) is 1.79. The molecule has 0 aliphatic heterocycles. The van der Waals surface area contributed by atoms with Crippen LogP contribution in [0, 0.1) is 13.8 Å². The average Bonchev–Trinajstić information content (AvgIpc) is 2.25. The zero-order valence-electron chi connectivity index (χ0n) is 10.8. The molecule has 0 aliphatic carbocycles. The van der Waals surface area contributed by atoms with Crippen LogP contribution in [0.1, 0.15) is 16.7 Å². The second-order valence-electron chi connectivity index (χ2n) is 4.42. The Morgan fingerprint density at radius 2 is 2.00 bits per heavy atom. The number of aromatic hydroxyl groups is 1. The van der Waals surface area contributed by atoms with Crippen molar-refractivity contribution in [3.63, 3.8) is 0 Å². The number of aryl methyl sites for hydroxylation is 2. The fraction of sp³-hybridized carbons (Fsp3) is 0.357. The molecule has 0 spiro atoms. The first-order chi connectivity index (χ1) is 8.43. The van der Waals surface area contributed by atoms with Crippen LogP contribution < -0.4 is 0 Å². The molecule has 98 valence electrons. The highest BCUT2D eigenvalue weighted by molar-refractivity contribution is 5.69. The summed E-state index contributed by atoms with van der Waals surface area (Å²) in [6.45, 7) is 8.29. The molecule has 0 atom stereocenters. The van der Waals surface area contributed by atoms with Gasteiger partial charge in [-0.3, -0.25) is 9.69 Å². The van der Waals surface area contributed by atoms with E-state index in [0.29, 0.717) is 13.1 Å². The summed E-state index contributed by atoms with van der Waals surface area (Å²) in [6, 6.07) is 3.60. The predicted octanol–water partition coefficient (Wildman–Crippen LogP) is 2.08. The van der Waals surface area contributed by atoms with E-state index in [-0.39, 0.29) is 12.3 Å². The third-order valence-electron chi connectivity index (χ3n) is 2.84. The molecule has 0 saturated carbocycles. The van der Waals surface area contributed by atoms with Crippen LogP contribution in [0.4, 0.5) is 0 Å². The van der Waals surface area contributed by atoms with Crippen LogP contribution in [-0.2, 0) is 11.3 Å². The van der Waals surface area contributed by atoms with E-state index in [0.717, 1.165) is 16.7 Å². The summed E-state index contributed by atoms with van der Waals surface area (Å²) in [5, 5.41) is 18.7. The Bertz CT molecular complexity index is 455. The monoisotopic (exact) mass is 249 g/mol. The van der Waals surface area contributed by atoms with Crippen molar-refractivity contribution in [2.24, 2.45) is 0 Å². The lowest BCUT2D eigenvalue weighted by molar-refractivity contribution is -0.138. The third kappa shape index (κ3) is 3.89. The van der Waals surface area contributed by atoms with Crippen molar-refractivity contribution in [1.29, 1.82) is 0 Å². The summed E-state index contributed by atoms with van der Waals surface area (Å²) >= 11 is 0. The first-order valence-electron chi connectivity index (χ1n) is 5.78. The topological polar surface area (TPSA) is 60.8 Å². The molecule has 2 N–H and O–H groups in total. The summed E-state index contributed by atoms with van der Waals surface area (Å²) < 4.78 is 0. The number of carboxylic acid groups (broad SMARTS) is 1. The van der Waals surface area contributed by atoms with Crippen molar-refractivity contribution < 1.29 is 15.0 Å². The molecule has 4 heteroatoms. The number of carboxylic acids is 1. The van der Waals surface area contributed by atoms with Crippen LogP contribution in [0.15, 0.2) is 24.8 Å². The molecule has 1 rings (SSSR count). The van der Waals surface area contributed by atoms with E-state index in [1.165, 1.54) is 0 Å². The molecule has 0 aliphatic rings. The Morgan fingerprint density at radius 3 is 2.56 bits per heavy atom. The van der Waals surface area contributed by atoms with Crippen molar-refractivity contribution in [2.75, 3.05) is 13.1 Å². The highest BCUT2D eigenvalue weighted by atomic mass is 16.4. The van der Waals surface area contributed by atoms with Gasteiger partial charge >= 0.3 is 5.97 Å². The minimum absolute atomic E-state index is 0.0710. The molecule has 0 bridgehead atoms. The van der Waals surface area contributed by atoms with Crippen molar-refractivity contribution in [1.82, 2.24) is 4.90 Å². The van der Waals surface area contributed by atoms with Crippen LogP contribution in [0.25, 0.3) is 0 Å². The SMILES string of the molecule is C=CCN(CC(=O)O)Cc1cc(C)c(C)cc1O. The van der Waals surface area contributed by atoms with Gasteiger partial charge in [0.2, 0.25) is 0 Å². The molecule has 0 aromatic heterocycles. The summed E-state index contributed by atoms with van der Waals surface area (Å²) in [4.78, 5) is 12.4. The Labute approximate surface area is 107 Å². The maximum absolute atomic E-state index is 10.7. The third-order valence-corrected chi connectivity index (χ3v) is 2.84. The molecule has 4 nitrogen and oxygen atoms in total. The van der Waals surface area contributed by atoms with E-state index in [1.807, 2.05) is 19.9 Å². The number of hydrogen-bond donors (Lipinski definition) is 2. The molecular weight excluding hydrogens is 230 g/mol. The van der Waals surface area contributed by atoms with E-state index >= 15 is 0 Å². The quantitative estimate of drug-likeness (QED) is 0.758. The Morgan fingerprint density at radius 1 is 1.39 bits per heavy atom. The lowest BCUT2D eigenvalue weighted by atomic mass is 10.0. The van der Waals surface area contributed by atoms with Crippen LogP contribution >= 0.6 is 0 Å². The lowest BCUT2D eigenvalue weighted by Crippen LogP contribution is -2.29. The fourth-order valence-electron chi connectivity index (χ4n) is 1.79. The van der Waals surface area contributed by atoms with Gasteiger partial charge in [0.25, 0.3) is 0 Å². The average molecular weight is 249 g/mol. The summed E-state index contributed by atoms with van der Waals surface area (Å²) in [5.41, 5.74) is 2.84. The van der Waals surface area contributed by atoms with Crippen LogP contribution in [0.2, 0.25) is 0 Å². The predicted molar refractivity (Wildman–Crippen MR) is 70.7 cm³/mol. The van der Waals surface area contributed by atoms with Crippen molar-refractivity contribution in [3.8, 4) is 5.75 Å².